The molecule has 0 nitrogen and oxygen atoms in total. The van der Waals surface area contributed by atoms with Crippen LogP contribution in [0.3, 0.4) is 0 Å². The molecule has 0 radical (unpaired) electrons. The van der Waals surface area contributed by atoms with Crippen LogP contribution in [0.5, 0.6) is 0 Å². The van der Waals surface area contributed by atoms with Gasteiger partial charge in [0.1, 0.15) is 0 Å². The molecule has 0 saturated heterocycles. The van der Waals surface area contributed by atoms with Gasteiger partial charge in [0, 0.05) is 0 Å². The molecule has 0 heteroatoms. The summed E-state index contributed by atoms with van der Waals surface area (Å²) in [6.45, 7) is 4.62. The Morgan fingerprint density at radius 1 is 0.556 bits per heavy atom. The second-order valence-electron chi connectivity index (χ2n) is 5.47. The van der Waals surface area contributed by atoms with Crippen LogP contribution in [0.15, 0.2) is 0 Å². The Morgan fingerprint density at radius 2 is 0.833 bits per heavy atom. The summed E-state index contributed by atoms with van der Waals surface area (Å²) in [5, 5.41) is 0. The zero-order valence-corrected chi connectivity index (χ0v) is 10.9. The van der Waals surface area contributed by atoms with Gasteiger partial charge in [-0.15, -0.1) is 0 Å². The molecule has 0 spiro atoms. The van der Waals surface area contributed by atoms with Crippen molar-refractivity contribution in [3.63, 3.8) is 0 Å². The Morgan fingerprint density at radius 3 is 1.06 bits per heavy atom. The fraction of sp³-hybridized carbons (Fsp3) is 1.00. The molecule has 0 unspecified atom stereocenters. The first-order valence-electron chi connectivity index (χ1n) is 7.36. The third-order valence-corrected chi connectivity index (χ3v) is 4.35. The lowest BCUT2D eigenvalue weighted by atomic mass is 9.88. The summed E-state index contributed by atoms with van der Waals surface area (Å²) in [6, 6.07) is 0. The van der Waals surface area contributed by atoms with E-state index < -0.39 is 0 Å². The van der Waals surface area contributed by atoms with Crippen molar-refractivity contribution in [2.24, 2.45) is 11.8 Å². The highest BCUT2D eigenvalue weighted by Gasteiger charge is 2.11. The molecule has 0 atom stereocenters. The molecule has 0 aromatic carbocycles. The van der Waals surface area contributed by atoms with Gasteiger partial charge >= 0.3 is 0 Å². The molecule has 0 aromatic rings. The third kappa shape index (κ3) is 9.97. The van der Waals surface area contributed by atoms with Crippen molar-refractivity contribution in [1.82, 2.24) is 0 Å². The molecule has 2 rings (SSSR count). The van der Waals surface area contributed by atoms with Crippen molar-refractivity contribution in [1.29, 1.82) is 0 Å². The van der Waals surface area contributed by atoms with E-state index in [1.807, 2.05) is 0 Å². The lowest BCUT2D eigenvalue weighted by molar-refractivity contribution is 0.349. The van der Waals surface area contributed by atoms with Gasteiger partial charge in [0.15, 0.2) is 0 Å². The van der Waals surface area contributed by atoms with Gasteiger partial charge in [-0.3, -0.25) is 0 Å². The molecule has 2 fully saturated rings. The minimum Gasteiger partial charge on any atom is -0.0776 e. The standard InChI is InChI=1S/C8H16.C7H14.3CH4/c1-2-8-6-4-3-5-7-8;1-2-7-5-3-4-6-7;;;/h8H,2-7H2,1H3;7H,2-6H2,1H3;3*1H4. The maximum Gasteiger partial charge on any atom is -0.0417 e. The highest BCUT2D eigenvalue weighted by molar-refractivity contribution is 4.64. The fourth-order valence-electron chi connectivity index (χ4n) is 3.01. The predicted octanol–water partition coefficient (Wildman–Crippen LogP) is 7.47. The van der Waals surface area contributed by atoms with Crippen LogP contribution in [0.2, 0.25) is 0 Å². The number of rotatable bonds is 2. The van der Waals surface area contributed by atoms with Crippen LogP contribution >= 0.6 is 0 Å². The van der Waals surface area contributed by atoms with Crippen LogP contribution in [0, 0.1) is 11.8 Å². The molecule has 2 saturated carbocycles. The molecule has 0 amide bonds. The van der Waals surface area contributed by atoms with Crippen LogP contribution in [0.1, 0.15) is 107 Å². The average molecular weight is 259 g/mol. The molecule has 18 heavy (non-hydrogen) atoms. The van der Waals surface area contributed by atoms with Gasteiger partial charge in [0.05, 0.1) is 0 Å². The highest BCUT2D eigenvalue weighted by atomic mass is 14.2. The molecular weight excluding hydrogens is 216 g/mol. The molecule has 114 valence electrons. The molecule has 0 aromatic heterocycles. The van der Waals surface area contributed by atoms with Crippen molar-refractivity contribution >= 4 is 0 Å². The summed E-state index contributed by atoms with van der Waals surface area (Å²) in [5.74, 6) is 2.18. The van der Waals surface area contributed by atoms with Gasteiger partial charge in [0.25, 0.3) is 0 Å². The van der Waals surface area contributed by atoms with Crippen molar-refractivity contribution in [3.8, 4) is 0 Å². The summed E-state index contributed by atoms with van der Waals surface area (Å²) in [4.78, 5) is 0. The molecule has 0 aliphatic heterocycles. The van der Waals surface area contributed by atoms with Gasteiger partial charge in [-0.25, -0.2) is 0 Å². The van der Waals surface area contributed by atoms with Gasteiger partial charge in [-0.2, -0.15) is 0 Å². The van der Waals surface area contributed by atoms with Crippen LogP contribution < -0.4 is 0 Å². The largest absolute Gasteiger partial charge is 0.0776 e. The fourth-order valence-corrected chi connectivity index (χ4v) is 3.01. The van der Waals surface area contributed by atoms with E-state index in [1.54, 1.807) is 0 Å². The Balaban J connectivity index is -0.000000215. The Labute approximate surface area is 119 Å². The minimum atomic E-state index is 0. The van der Waals surface area contributed by atoms with Crippen LogP contribution in [-0.2, 0) is 0 Å². The normalized spacial score (nSPS) is 19.7. The van der Waals surface area contributed by atoms with Crippen LogP contribution in [0.25, 0.3) is 0 Å². The van der Waals surface area contributed by atoms with E-state index in [0.29, 0.717) is 0 Å². The first kappa shape index (κ1) is 23.1. The van der Waals surface area contributed by atoms with E-state index in [1.165, 1.54) is 70.6 Å². The first-order chi connectivity index (χ1) is 7.36. The van der Waals surface area contributed by atoms with E-state index in [0.717, 1.165) is 11.8 Å². The summed E-state index contributed by atoms with van der Waals surface area (Å²) >= 11 is 0. The van der Waals surface area contributed by atoms with Gasteiger partial charge in [-0.05, 0) is 11.8 Å². The quantitative estimate of drug-likeness (QED) is 0.482. The Kier molecular flexibility index (Phi) is 19.3. The third-order valence-electron chi connectivity index (χ3n) is 4.35. The van der Waals surface area contributed by atoms with Gasteiger partial charge in [0.2, 0.25) is 0 Å². The van der Waals surface area contributed by atoms with E-state index in [9.17, 15) is 0 Å². The lowest BCUT2D eigenvalue weighted by Gasteiger charge is -2.18. The van der Waals surface area contributed by atoms with E-state index >= 15 is 0 Å². The maximum atomic E-state index is 2.32. The number of hydrogen-bond donors (Lipinski definition) is 0. The topological polar surface area (TPSA) is 0 Å². The first-order valence-corrected chi connectivity index (χ1v) is 7.36. The zero-order valence-electron chi connectivity index (χ0n) is 10.9. The van der Waals surface area contributed by atoms with Crippen molar-refractivity contribution < 1.29 is 0 Å². The smallest absolute Gasteiger partial charge is 0.0417 e. The zero-order chi connectivity index (χ0) is 10.9. The Hall–Kier alpha value is 0. The molecule has 0 N–H and O–H groups in total. The van der Waals surface area contributed by atoms with Crippen molar-refractivity contribution in [2.75, 3.05) is 0 Å². The second-order valence-corrected chi connectivity index (χ2v) is 5.47. The van der Waals surface area contributed by atoms with E-state index in [2.05, 4.69) is 13.8 Å². The van der Waals surface area contributed by atoms with Crippen LogP contribution in [0.4, 0.5) is 0 Å². The monoisotopic (exact) mass is 258 g/mol. The highest BCUT2D eigenvalue weighted by Crippen LogP contribution is 2.26. The maximum absolute atomic E-state index is 2.32. The van der Waals surface area contributed by atoms with Crippen LogP contribution in [-0.4, -0.2) is 0 Å². The number of hydrogen-bond acceptors (Lipinski definition) is 0. The SMILES string of the molecule is C.C.C.CCC1CCCC1.CCC1CCCCC1. The lowest BCUT2D eigenvalue weighted by Crippen LogP contribution is -2.03. The summed E-state index contributed by atoms with van der Waals surface area (Å²) in [6.07, 6.45) is 16.4. The van der Waals surface area contributed by atoms with Crippen molar-refractivity contribution in [2.45, 2.75) is 107 Å². The molecule has 2 aliphatic carbocycles. The average Bonchev–Trinajstić information content (AvgIpc) is 2.84. The summed E-state index contributed by atoms with van der Waals surface area (Å²) in [7, 11) is 0. The predicted molar refractivity (Wildman–Crippen MR) is 89.3 cm³/mol. The van der Waals surface area contributed by atoms with E-state index in [-0.39, 0.29) is 22.3 Å². The minimum absolute atomic E-state index is 0. The molecular formula is C18H42. The van der Waals surface area contributed by atoms with Crippen molar-refractivity contribution in [3.05, 3.63) is 0 Å². The molecule has 2 aliphatic rings. The molecule has 0 heterocycles. The Bertz CT molecular complexity index is 127. The summed E-state index contributed by atoms with van der Waals surface area (Å²) < 4.78 is 0. The summed E-state index contributed by atoms with van der Waals surface area (Å²) in [5.41, 5.74) is 0. The molecule has 0 bridgehead atoms. The second kappa shape index (κ2) is 15.1. The van der Waals surface area contributed by atoms with Gasteiger partial charge < -0.3 is 0 Å². The van der Waals surface area contributed by atoms with Gasteiger partial charge in [-0.1, -0.05) is 107 Å². The van der Waals surface area contributed by atoms with E-state index in [4.69, 9.17) is 0 Å².